The molecule has 0 atom stereocenters. The molecule has 0 unspecified atom stereocenters. The number of methoxy groups -OCH3 is 1. The number of ether oxygens (including phenoxy) is 1. The minimum atomic E-state index is -3.74. The lowest BCUT2D eigenvalue weighted by Gasteiger charge is -2.40. The lowest BCUT2D eigenvalue weighted by molar-refractivity contribution is 0.151. The highest BCUT2D eigenvalue weighted by Gasteiger charge is 2.27. The fraction of sp³-hybridized carbons (Fsp3) is 0.250. The van der Waals surface area contributed by atoms with E-state index in [4.69, 9.17) is 9.88 Å². The van der Waals surface area contributed by atoms with E-state index in [0.29, 0.717) is 18.3 Å². The Hall–Kier alpha value is -2.68. The molecule has 0 amide bonds. The Morgan fingerprint density at radius 1 is 1.18 bits per heavy atom. The molecule has 2 heterocycles. The van der Waals surface area contributed by atoms with E-state index < -0.39 is 10.0 Å². The van der Waals surface area contributed by atoms with Gasteiger partial charge in [0.25, 0.3) is 0 Å². The molecule has 1 aromatic heterocycles. The summed E-state index contributed by atoms with van der Waals surface area (Å²) in [5, 5.41) is 11.1. The molecule has 1 aliphatic heterocycles. The molecule has 7 nitrogen and oxygen atoms in total. The van der Waals surface area contributed by atoms with Crippen LogP contribution in [0.25, 0.3) is 10.8 Å². The molecule has 8 heteroatoms. The highest BCUT2D eigenvalue weighted by Crippen LogP contribution is 2.26. The molecular weight excluding hydrogens is 376 g/mol. The largest absolute Gasteiger partial charge is 0.496 e. The number of sulfonamides is 1. The summed E-state index contributed by atoms with van der Waals surface area (Å²) in [7, 11) is -2.16. The summed E-state index contributed by atoms with van der Waals surface area (Å²) in [5.41, 5.74) is 1.89. The number of anilines is 1. The van der Waals surface area contributed by atoms with Gasteiger partial charge in [-0.2, -0.15) is 0 Å². The Kier molecular flexibility index (Phi) is 4.92. The normalized spacial score (nSPS) is 15.4. The predicted molar refractivity (Wildman–Crippen MR) is 109 cm³/mol. The molecule has 1 aliphatic rings. The van der Waals surface area contributed by atoms with Gasteiger partial charge in [0.2, 0.25) is 10.0 Å². The molecule has 1 fully saturated rings. The van der Waals surface area contributed by atoms with Crippen LogP contribution in [0.5, 0.6) is 5.75 Å². The number of hydrogen-bond acceptors (Lipinski definition) is 6. The zero-order valence-corrected chi connectivity index (χ0v) is 16.3. The van der Waals surface area contributed by atoms with E-state index >= 15 is 0 Å². The van der Waals surface area contributed by atoms with Gasteiger partial charge in [-0.15, -0.1) is 0 Å². The lowest BCUT2D eigenvalue weighted by atomic mass is 10.1. The Morgan fingerprint density at radius 3 is 2.75 bits per heavy atom. The molecule has 146 valence electrons. The first-order chi connectivity index (χ1) is 13.4. The third kappa shape index (κ3) is 3.94. The smallest absolute Gasteiger partial charge is 0.238 e. The molecule has 0 aliphatic carbocycles. The summed E-state index contributed by atoms with van der Waals surface area (Å²) in [6.45, 7) is 2.32. The van der Waals surface area contributed by atoms with Gasteiger partial charge >= 0.3 is 0 Å². The van der Waals surface area contributed by atoms with Crippen LogP contribution in [0.1, 0.15) is 5.56 Å². The first-order valence-corrected chi connectivity index (χ1v) is 10.5. The fourth-order valence-electron chi connectivity index (χ4n) is 3.50. The van der Waals surface area contributed by atoms with Crippen LogP contribution in [0.4, 0.5) is 5.69 Å². The van der Waals surface area contributed by atoms with Gasteiger partial charge in [0.15, 0.2) is 0 Å². The maximum Gasteiger partial charge on any atom is 0.238 e. The van der Waals surface area contributed by atoms with E-state index in [0.717, 1.165) is 35.1 Å². The molecule has 1 saturated heterocycles. The standard InChI is InChI=1S/C20H22N4O3S/c1-27-20-5-4-19(28(21,25)26)9-16(20)11-24-12-18(13-24)23-17-3-2-15-10-22-7-6-14(15)8-17/h2-10,18,23H,11-13H2,1H3,(H2,21,25,26). The van der Waals surface area contributed by atoms with Crippen molar-refractivity contribution in [2.24, 2.45) is 5.14 Å². The number of fused-ring (bicyclic) bond motifs is 1. The Balaban J connectivity index is 1.40. The Morgan fingerprint density at radius 2 is 2.00 bits per heavy atom. The van der Waals surface area contributed by atoms with Crippen LogP contribution < -0.4 is 15.2 Å². The molecule has 0 saturated carbocycles. The molecular formula is C20H22N4O3S. The zero-order chi connectivity index (χ0) is 19.7. The third-order valence-corrected chi connectivity index (χ3v) is 5.85. The average molecular weight is 398 g/mol. The van der Waals surface area contributed by atoms with Crippen molar-refractivity contribution in [3.8, 4) is 5.75 Å². The topological polar surface area (TPSA) is 97.5 Å². The van der Waals surface area contributed by atoms with Gasteiger partial charge in [-0.1, -0.05) is 6.07 Å². The number of pyridine rings is 1. The van der Waals surface area contributed by atoms with Crippen LogP contribution >= 0.6 is 0 Å². The van der Waals surface area contributed by atoms with Gasteiger partial charge in [-0.3, -0.25) is 9.88 Å². The first kappa shape index (κ1) is 18.7. The van der Waals surface area contributed by atoms with Crippen LogP contribution in [0.15, 0.2) is 59.8 Å². The molecule has 0 radical (unpaired) electrons. The van der Waals surface area contributed by atoms with Crippen molar-refractivity contribution in [2.45, 2.75) is 17.5 Å². The molecule has 0 spiro atoms. The lowest BCUT2D eigenvalue weighted by Crippen LogP contribution is -2.54. The van der Waals surface area contributed by atoms with E-state index in [1.165, 1.54) is 6.07 Å². The molecule has 3 N–H and O–H groups in total. The Labute approximate surface area is 164 Å². The van der Waals surface area contributed by atoms with E-state index in [2.05, 4.69) is 33.4 Å². The van der Waals surface area contributed by atoms with Gasteiger partial charge in [-0.05, 0) is 41.8 Å². The van der Waals surface area contributed by atoms with Crippen molar-refractivity contribution in [3.63, 3.8) is 0 Å². The number of likely N-dealkylation sites (tertiary alicyclic amines) is 1. The highest BCUT2D eigenvalue weighted by atomic mass is 32.2. The van der Waals surface area contributed by atoms with Crippen molar-refractivity contribution < 1.29 is 13.2 Å². The van der Waals surface area contributed by atoms with Crippen molar-refractivity contribution in [2.75, 3.05) is 25.5 Å². The molecule has 2 aromatic carbocycles. The number of nitrogens with one attached hydrogen (secondary N) is 1. The second-order valence-electron chi connectivity index (χ2n) is 6.99. The van der Waals surface area contributed by atoms with Crippen molar-refractivity contribution in [1.29, 1.82) is 0 Å². The molecule has 4 rings (SSSR count). The monoisotopic (exact) mass is 398 g/mol. The summed E-state index contributed by atoms with van der Waals surface area (Å²) in [4.78, 5) is 6.46. The fourth-order valence-corrected chi connectivity index (χ4v) is 4.06. The second kappa shape index (κ2) is 7.38. The summed E-state index contributed by atoms with van der Waals surface area (Å²) in [5.74, 6) is 0.659. The number of aromatic nitrogens is 1. The highest BCUT2D eigenvalue weighted by molar-refractivity contribution is 7.89. The van der Waals surface area contributed by atoms with E-state index in [-0.39, 0.29) is 4.90 Å². The summed E-state index contributed by atoms with van der Waals surface area (Å²) >= 11 is 0. The van der Waals surface area contributed by atoms with Crippen LogP contribution in [-0.4, -0.2) is 44.5 Å². The van der Waals surface area contributed by atoms with E-state index in [1.54, 1.807) is 25.4 Å². The number of nitrogens with zero attached hydrogens (tertiary/aromatic N) is 2. The Bertz CT molecular complexity index is 1110. The first-order valence-electron chi connectivity index (χ1n) is 8.95. The third-order valence-electron chi connectivity index (χ3n) is 4.94. The zero-order valence-electron chi connectivity index (χ0n) is 15.5. The number of benzene rings is 2. The van der Waals surface area contributed by atoms with Gasteiger partial charge in [0.05, 0.1) is 18.0 Å². The van der Waals surface area contributed by atoms with E-state index in [9.17, 15) is 8.42 Å². The van der Waals surface area contributed by atoms with Crippen LogP contribution in [0.2, 0.25) is 0 Å². The summed E-state index contributed by atoms with van der Waals surface area (Å²) in [6.07, 6.45) is 3.65. The summed E-state index contributed by atoms with van der Waals surface area (Å²) < 4.78 is 28.6. The molecule has 0 bridgehead atoms. The molecule has 28 heavy (non-hydrogen) atoms. The van der Waals surface area contributed by atoms with Crippen LogP contribution in [0, 0.1) is 0 Å². The second-order valence-corrected chi connectivity index (χ2v) is 8.55. The van der Waals surface area contributed by atoms with Gasteiger partial charge in [-0.25, -0.2) is 13.6 Å². The number of rotatable bonds is 6. The van der Waals surface area contributed by atoms with Gasteiger partial charge in [0.1, 0.15) is 5.75 Å². The average Bonchev–Trinajstić information content (AvgIpc) is 2.65. The number of hydrogen-bond donors (Lipinski definition) is 2. The SMILES string of the molecule is COc1ccc(S(N)(=O)=O)cc1CN1CC(Nc2ccc3cnccc3c2)C1. The van der Waals surface area contributed by atoms with Crippen molar-refractivity contribution in [3.05, 3.63) is 60.4 Å². The number of nitrogens with two attached hydrogens (primary N) is 1. The number of primary sulfonamides is 1. The van der Waals surface area contributed by atoms with E-state index in [1.807, 2.05) is 12.3 Å². The minimum absolute atomic E-state index is 0.101. The maximum atomic E-state index is 11.6. The van der Waals surface area contributed by atoms with Crippen LogP contribution in [-0.2, 0) is 16.6 Å². The van der Waals surface area contributed by atoms with Crippen molar-refractivity contribution in [1.82, 2.24) is 9.88 Å². The van der Waals surface area contributed by atoms with Gasteiger partial charge < -0.3 is 10.1 Å². The van der Waals surface area contributed by atoms with Crippen LogP contribution in [0.3, 0.4) is 0 Å². The van der Waals surface area contributed by atoms with Gasteiger partial charge in [0, 0.05) is 48.7 Å². The minimum Gasteiger partial charge on any atom is -0.496 e. The van der Waals surface area contributed by atoms with Crippen molar-refractivity contribution >= 4 is 26.5 Å². The summed E-state index contributed by atoms with van der Waals surface area (Å²) in [6, 6.07) is 13.3. The predicted octanol–water partition coefficient (Wildman–Crippen LogP) is 2.19. The maximum absolute atomic E-state index is 11.6. The molecule has 3 aromatic rings. The quantitative estimate of drug-likeness (QED) is 0.661.